The Morgan fingerprint density at radius 3 is 2.37 bits per heavy atom. The minimum absolute atomic E-state index is 0.0582. The van der Waals surface area contributed by atoms with Gasteiger partial charge in [0, 0.05) is 24.7 Å². The average Bonchev–Trinajstić information content (AvgIpc) is 2.66. The molecule has 0 aromatic carbocycles. The van der Waals surface area contributed by atoms with Gasteiger partial charge < -0.3 is 14.6 Å². The van der Waals surface area contributed by atoms with Gasteiger partial charge in [-0.2, -0.15) is 0 Å². The molecule has 2 rings (SSSR count). The minimum atomic E-state index is -0.463. The Bertz CT molecular complexity index is 698. The van der Waals surface area contributed by atoms with E-state index in [-0.39, 0.29) is 30.3 Å². The van der Waals surface area contributed by atoms with Gasteiger partial charge in [-0.1, -0.05) is 25.0 Å². The van der Waals surface area contributed by atoms with E-state index in [9.17, 15) is 14.7 Å². The molecule has 0 spiro atoms. The molecule has 2 aliphatic rings. The second-order valence-electron chi connectivity index (χ2n) is 8.61. The third-order valence-corrected chi connectivity index (χ3v) is 5.21. The number of aliphatic hydroxyl groups excluding tert-OH is 1. The summed E-state index contributed by atoms with van der Waals surface area (Å²) < 4.78 is 11.5. The van der Waals surface area contributed by atoms with Gasteiger partial charge in [-0.05, 0) is 56.9 Å². The number of rotatable bonds is 9. The number of carbonyl (C=O) groups excluding carboxylic acids is 2. The number of aliphatic hydroxyl groups is 1. The van der Waals surface area contributed by atoms with E-state index in [0.29, 0.717) is 25.2 Å². The van der Waals surface area contributed by atoms with Crippen LogP contribution in [0.1, 0.15) is 60.3 Å². The quantitative estimate of drug-likeness (QED) is 0.549. The van der Waals surface area contributed by atoms with Gasteiger partial charge in [0.25, 0.3) is 0 Å². The van der Waals surface area contributed by atoms with Gasteiger partial charge in [0.15, 0.2) is 12.1 Å². The zero-order chi connectivity index (χ0) is 22.8. The summed E-state index contributed by atoms with van der Waals surface area (Å²) in [5, 5.41) is 9.49. The first-order valence-corrected chi connectivity index (χ1v) is 10.7. The van der Waals surface area contributed by atoms with E-state index in [2.05, 4.69) is 13.2 Å². The second kappa shape index (κ2) is 12.8. The molecule has 3 atom stereocenters. The highest BCUT2D eigenvalue weighted by molar-refractivity contribution is 5.96. The molecule has 0 amide bonds. The van der Waals surface area contributed by atoms with E-state index in [0.717, 1.165) is 35.1 Å². The molecule has 5 nitrogen and oxygen atoms in total. The molecular formula is C25H38O5. The van der Waals surface area contributed by atoms with Gasteiger partial charge in [0.05, 0.1) is 19.3 Å². The van der Waals surface area contributed by atoms with Crippen molar-refractivity contribution >= 4 is 11.6 Å². The molecule has 0 bridgehead atoms. The van der Waals surface area contributed by atoms with Gasteiger partial charge in [0.1, 0.15) is 5.78 Å². The third kappa shape index (κ3) is 8.90. The molecule has 168 valence electrons. The summed E-state index contributed by atoms with van der Waals surface area (Å²) >= 11 is 0. The summed E-state index contributed by atoms with van der Waals surface area (Å²) in [4.78, 5) is 22.8. The molecule has 1 aliphatic heterocycles. The van der Waals surface area contributed by atoms with Gasteiger partial charge in [-0.3, -0.25) is 9.59 Å². The maximum absolute atomic E-state index is 11.8. The Labute approximate surface area is 181 Å². The fraction of sp³-hybridized carbons (Fsp3) is 0.600. The summed E-state index contributed by atoms with van der Waals surface area (Å²) in [6.07, 6.45) is 5.67. The van der Waals surface area contributed by atoms with Crippen LogP contribution in [0.4, 0.5) is 0 Å². The maximum atomic E-state index is 11.8. The number of carbonyl (C=O) groups is 2. The van der Waals surface area contributed by atoms with E-state index in [1.165, 1.54) is 0 Å². The van der Waals surface area contributed by atoms with Gasteiger partial charge >= 0.3 is 0 Å². The Balaban J connectivity index is 0.000000382. The molecular weight excluding hydrogens is 380 g/mol. The monoisotopic (exact) mass is 418 g/mol. The van der Waals surface area contributed by atoms with E-state index in [1.54, 1.807) is 13.0 Å². The smallest absolute Gasteiger partial charge is 0.177 e. The number of ether oxygens (including phenoxy) is 2. The average molecular weight is 419 g/mol. The first-order chi connectivity index (χ1) is 14.0. The van der Waals surface area contributed by atoms with E-state index >= 15 is 0 Å². The minimum Gasteiger partial charge on any atom is -0.392 e. The number of fused-ring (bicyclic) bond motifs is 1. The van der Waals surface area contributed by atoms with Crippen LogP contribution in [-0.4, -0.2) is 42.3 Å². The van der Waals surface area contributed by atoms with Crippen LogP contribution in [0.3, 0.4) is 0 Å². The highest BCUT2D eigenvalue weighted by atomic mass is 16.7. The van der Waals surface area contributed by atoms with E-state index in [1.807, 2.05) is 33.8 Å². The molecule has 0 aromatic heterocycles. The first-order valence-electron chi connectivity index (χ1n) is 10.7. The molecule has 1 N–H and O–H groups in total. The molecule has 0 radical (unpaired) electrons. The van der Waals surface area contributed by atoms with Crippen molar-refractivity contribution in [3.05, 3.63) is 47.6 Å². The Kier molecular flexibility index (Phi) is 11.2. The van der Waals surface area contributed by atoms with Crippen molar-refractivity contribution in [2.75, 3.05) is 13.2 Å². The van der Waals surface area contributed by atoms with Crippen LogP contribution >= 0.6 is 0 Å². The van der Waals surface area contributed by atoms with E-state index in [4.69, 9.17) is 9.47 Å². The van der Waals surface area contributed by atoms with Gasteiger partial charge in [0.2, 0.25) is 0 Å². The molecule has 1 aliphatic carbocycles. The predicted octanol–water partition coefficient (Wildman–Crippen LogP) is 4.72. The number of hydrogen-bond donors (Lipinski definition) is 1. The lowest BCUT2D eigenvalue weighted by Crippen LogP contribution is -2.39. The summed E-state index contributed by atoms with van der Waals surface area (Å²) in [5.41, 5.74) is 3.71. The zero-order valence-electron chi connectivity index (χ0n) is 19.2. The first kappa shape index (κ1) is 26.2. The fourth-order valence-corrected chi connectivity index (χ4v) is 3.13. The summed E-state index contributed by atoms with van der Waals surface area (Å²) in [7, 11) is 0. The molecule has 0 aromatic rings. The molecule has 0 fully saturated rings. The zero-order valence-corrected chi connectivity index (χ0v) is 19.2. The number of ketones is 2. The van der Waals surface area contributed by atoms with Crippen molar-refractivity contribution in [1.82, 2.24) is 0 Å². The Morgan fingerprint density at radius 2 is 1.83 bits per heavy atom. The molecule has 1 heterocycles. The fourth-order valence-electron chi connectivity index (χ4n) is 3.13. The lowest BCUT2D eigenvalue weighted by Gasteiger charge is -2.36. The van der Waals surface area contributed by atoms with Crippen molar-refractivity contribution in [2.24, 2.45) is 11.8 Å². The SMILES string of the molecule is C=C(C)CCC(=O)C(C)C.C=C(C)CCOC1C=C(CO)C2CC(=O)C(C)=CC2O1. The summed E-state index contributed by atoms with van der Waals surface area (Å²) in [6.45, 7) is 17.6. The molecule has 30 heavy (non-hydrogen) atoms. The predicted molar refractivity (Wildman–Crippen MR) is 120 cm³/mol. The lowest BCUT2D eigenvalue weighted by atomic mass is 9.80. The number of Topliss-reactive ketones (excluding diaryl/α,β-unsaturated/α-hetero) is 2. The van der Waals surface area contributed by atoms with Crippen molar-refractivity contribution in [2.45, 2.75) is 72.7 Å². The van der Waals surface area contributed by atoms with Crippen LogP contribution in [0.15, 0.2) is 47.6 Å². The summed E-state index contributed by atoms with van der Waals surface area (Å²) in [6, 6.07) is 0. The van der Waals surface area contributed by atoms with Crippen LogP contribution in [0, 0.1) is 11.8 Å². The van der Waals surface area contributed by atoms with Crippen LogP contribution < -0.4 is 0 Å². The van der Waals surface area contributed by atoms with Gasteiger partial charge in [-0.15, -0.1) is 13.2 Å². The lowest BCUT2D eigenvalue weighted by molar-refractivity contribution is -0.153. The third-order valence-electron chi connectivity index (χ3n) is 5.21. The van der Waals surface area contributed by atoms with Gasteiger partial charge in [-0.25, -0.2) is 0 Å². The molecule has 3 unspecified atom stereocenters. The van der Waals surface area contributed by atoms with Crippen LogP contribution in [0.25, 0.3) is 0 Å². The number of hydrogen-bond acceptors (Lipinski definition) is 5. The highest BCUT2D eigenvalue weighted by Crippen LogP contribution is 2.34. The second-order valence-corrected chi connectivity index (χ2v) is 8.61. The Morgan fingerprint density at radius 1 is 1.20 bits per heavy atom. The standard InChI is InChI=1S/C16H22O4.C9H16O/c1-10(2)4-5-19-16-7-12(9-17)13-8-14(18)11(3)6-15(13)20-16;1-7(2)5-6-9(10)8(3)4/h6-7,13,15-17H,1,4-5,8-9H2,2-3H3;8H,1,5-6H2,2-4H3. The van der Waals surface area contributed by atoms with Crippen molar-refractivity contribution in [3.8, 4) is 0 Å². The Hall–Kier alpha value is -1.82. The molecule has 0 saturated carbocycles. The van der Waals surface area contributed by atoms with Crippen molar-refractivity contribution in [3.63, 3.8) is 0 Å². The van der Waals surface area contributed by atoms with E-state index < -0.39 is 6.29 Å². The number of allylic oxidation sites excluding steroid dienone is 2. The van der Waals surface area contributed by atoms with Crippen molar-refractivity contribution < 1.29 is 24.2 Å². The highest BCUT2D eigenvalue weighted by Gasteiger charge is 2.36. The normalized spacial score (nSPS) is 23.0. The maximum Gasteiger partial charge on any atom is 0.177 e. The summed E-state index contributed by atoms with van der Waals surface area (Å²) in [5.74, 6) is 0.579. The topological polar surface area (TPSA) is 72.8 Å². The largest absolute Gasteiger partial charge is 0.392 e. The van der Waals surface area contributed by atoms with Crippen LogP contribution in [0.5, 0.6) is 0 Å². The molecule has 5 heteroatoms. The van der Waals surface area contributed by atoms with Crippen LogP contribution in [-0.2, 0) is 19.1 Å². The van der Waals surface area contributed by atoms with Crippen molar-refractivity contribution in [1.29, 1.82) is 0 Å². The van der Waals surface area contributed by atoms with Crippen LogP contribution in [0.2, 0.25) is 0 Å². The molecule has 0 saturated heterocycles.